The molecule has 1 aromatic rings. The highest BCUT2D eigenvalue weighted by atomic mass is 35.5. The Kier molecular flexibility index (Phi) is 5.61. The molecule has 0 spiro atoms. The third-order valence-corrected chi connectivity index (χ3v) is 2.49. The zero-order chi connectivity index (χ0) is 11.1. The molecule has 0 saturated carbocycles. The molecule has 1 aromatic heterocycles. The van der Waals surface area contributed by atoms with Gasteiger partial charge in [0.2, 0.25) is 0 Å². The van der Waals surface area contributed by atoms with E-state index in [4.69, 9.17) is 11.6 Å². The van der Waals surface area contributed by atoms with Crippen LogP contribution in [-0.2, 0) is 6.54 Å². The highest BCUT2D eigenvalue weighted by Crippen LogP contribution is 2.10. The molecule has 0 bridgehead atoms. The first-order valence-corrected chi connectivity index (χ1v) is 5.60. The predicted octanol–water partition coefficient (Wildman–Crippen LogP) is 1.99. The third kappa shape index (κ3) is 4.60. The lowest BCUT2D eigenvalue weighted by Gasteiger charge is -2.10. The van der Waals surface area contributed by atoms with Gasteiger partial charge in [-0.05, 0) is 12.5 Å². The predicted molar refractivity (Wildman–Crippen MR) is 61.9 cm³/mol. The SMILES string of the molecule is CCCC(O)CNCc1cccnc1Cl. The lowest BCUT2D eigenvalue weighted by Crippen LogP contribution is -2.26. The van der Waals surface area contributed by atoms with Gasteiger partial charge in [-0.15, -0.1) is 0 Å². The van der Waals surface area contributed by atoms with Gasteiger partial charge in [-0.1, -0.05) is 31.0 Å². The Balaban J connectivity index is 2.29. The Morgan fingerprint density at radius 2 is 2.40 bits per heavy atom. The van der Waals surface area contributed by atoms with E-state index >= 15 is 0 Å². The lowest BCUT2D eigenvalue weighted by molar-refractivity contribution is 0.160. The van der Waals surface area contributed by atoms with Crippen molar-refractivity contribution in [1.82, 2.24) is 10.3 Å². The molecule has 2 N–H and O–H groups in total. The molecule has 0 aromatic carbocycles. The second-order valence-electron chi connectivity index (χ2n) is 3.53. The number of hydrogen-bond donors (Lipinski definition) is 2. The van der Waals surface area contributed by atoms with Gasteiger partial charge in [0.15, 0.2) is 0 Å². The summed E-state index contributed by atoms with van der Waals surface area (Å²) in [7, 11) is 0. The van der Waals surface area contributed by atoms with Crippen LogP contribution in [0.4, 0.5) is 0 Å². The van der Waals surface area contributed by atoms with Crippen LogP contribution in [0.25, 0.3) is 0 Å². The highest BCUT2D eigenvalue weighted by molar-refractivity contribution is 6.30. The van der Waals surface area contributed by atoms with Crippen LogP contribution in [-0.4, -0.2) is 22.7 Å². The topological polar surface area (TPSA) is 45.1 Å². The first-order chi connectivity index (χ1) is 7.24. The van der Waals surface area contributed by atoms with Crippen molar-refractivity contribution in [2.45, 2.75) is 32.4 Å². The fourth-order valence-corrected chi connectivity index (χ4v) is 1.55. The number of nitrogens with one attached hydrogen (secondary N) is 1. The van der Waals surface area contributed by atoms with Crippen molar-refractivity contribution >= 4 is 11.6 Å². The number of aliphatic hydroxyl groups excluding tert-OH is 1. The Morgan fingerprint density at radius 1 is 1.60 bits per heavy atom. The van der Waals surface area contributed by atoms with Crippen LogP contribution in [0.2, 0.25) is 5.15 Å². The van der Waals surface area contributed by atoms with Gasteiger partial charge in [0.05, 0.1) is 6.10 Å². The monoisotopic (exact) mass is 228 g/mol. The molecule has 1 unspecified atom stereocenters. The van der Waals surface area contributed by atoms with E-state index < -0.39 is 0 Å². The maximum absolute atomic E-state index is 9.49. The molecule has 4 heteroatoms. The van der Waals surface area contributed by atoms with Crippen molar-refractivity contribution in [3.05, 3.63) is 29.0 Å². The van der Waals surface area contributed by atoms with Crippen LogP contribution >= 0.6 is 11.6 Å². The van der Waals surface area contributed by atoms with Crippen molar-refractivity contribution in [1.29, 1.82) is 0 Å². The summed E-state index contributed by atoms with van der Waals surface area (Å²) in [5.41, 5.74) is 0.961. The van der Waals surface area contributed by atoms with Crippen molar-refractivity contribution in [3.8, 4) is 0 Å². The molecule has 0 saturated heterocycles. The maximum Gasteiger partial charge on any atom is 0.133 e. The van der Waals surface area contributed by atoms with Gasteiger partial charge in [-0.25, -0.2) is 4.98 Å². The molecule has 84 valence electrons. The lowest BCUT2D eigenvalue weighted by atomic mass is 10.2. The van der Waals surface area contributed by atoms with E-state index in [-0.39, 0.29) is 6.10 Å². The minimum absolute atomic E-state index is 0.273. The summed E-state index contributed by atoms with van der Waals surface area (Å²) < 4.78 is 0. The molecular weight excluding hydrogens is 212 g/mol. The number of aromatic nitrogens is 1. The number of aliphatic hydroxyl groups is 1. The van der Waals surface area contributed by atoms with Crippen LogP contribution in [0.1, 0.15) is 25.3 Å². The van der Waals surface area contributed by atoms with Gasteiger partial charge < -0.3 is 10.4 Å². The van der Waals surface area contributed by atoms with Crippen LogP contribution in [0.5, 0.6) is 0 Å². The van der Waals surface area contributed by atoms with Gasteiger partial charge >= 0.3 is 0 Å². The molecule has 0 aliphatic carbocycles. The number of rotatable bonds is 6. The van der Waals surface area contributed by atoms with E-state index in [0.29, 0.717) is 18.2 Å². The first kappa shape index (κ1) is 12.4. The highest BCUT2D eigenvalue weighted by Gasteiger charge is 2.03. The zero-order valence-electron chi connectivity index (χ0n) is 8.91. The Labute approximate surface area is 95.5 Å². The minimum atomic E-state index is -0.273. The standard InChI is InChI=1S/C11H17ClN2O/c1-2-4-10(15)8-13-7-9-5-3-6-14-11(9)12/h3,5-6,10,13,15H,2,4,7-8H2,1H3. The minimum Gasteiger partial charge on any atom is -0.392 e. The zero-order valence-corrected chi connectivity index (χ0v) is 9.67. The van der Waals surface area contributed by atoms with E-state index in [9.17, 15) is 5.11 Å². The van der Waals surface area contributed by atoms with Gasteiger partial charge in [-0.3, -0.25) is 0 Å². The van der Waals surface area contributed by atoms with Gasteiger partial charge in [-0.2, -0.15) is 0 Å². The van der Waals surface area contributed by atoms with E-state index in [1.807, 2.05) is 12.1 Å². The quantitative estimate of drug-likeness (QED) is 0.732. The van der Waals surface area contributed by atoms with Crippen molar-refractivity contribution in [2.24, 2.45) is 0 Å². The summed E-state index contributed by atoms with van der Waals surface area (Å²) in [6, 6.07) is 3.78. The Bertz CT molecular complexity index is 294. The second-order valence-corrected chi connectivity index (χ2v) is 3.88. The van der Waals surface area contributed by atoms with Crippen molar-refractivity contribution in [2.75, 3.05) is 6.54 Å². The molecule has 1 rings (SSSR count). The number of nitrogens with zero attached hydrogens (tertiary/aromatic N) is 1. The molecule has 0 aliphatic rings. The Morgan fingerprint density at radius 3 is 3.07 bits per heavy atom. The molecule has 15 heavy (non-hydrogen) atoms. The van der Waals surface area contributed by atoms with Crippen LogP contribution in [0, 0.1) is 0 Å². The summed E-state index contributed by atoms with van der Waals surface area (Å²) in [5.74, 6) is 0. The summed E-state index contributed by atoms with van der Waals surface area (Å²) >= 11 is 5.89. The average molecular weight is 229 g/mol. The second kappa shape index (κ2) is 6.77. The van der Waals surface area contributed by atoms with Gasteiger partial charge in [0.25, 0.3) is 0 Å². The largest absolute Gasteiger partial charge is 0.392 e. The number of halogens is 1. The number of pyridine rings is 1. The van der Waals surface area contributed by atoms with E-state index in [1.54, 1.807) is 6.20 Å². The summed E-state index contributed by atoms with van der Waals surface area (Å²) in [5, 5.41) is 13.2. The van der Waals surface area contributed by atoms with E-state index in [2.05, 4.69) is 17.2 Å². The summed E-state index contributed by atoms with van der Waals surface area (Å²) in [4.78, 5) is 3.98. The molecule has 0 aliphatic heterocycles. The molecular formula is C11H17ClN2O. The molecule has 0 radical (unpaired) electrons. The third-order valence-electron chi connectivity index (χ3n) is 2.15. The van der Waals surface area contributed by atoms with Crippen LogP contribution < -0.4 is 5.32 Å². The van der Waals surface area contributed by atoms with Gasteiger partial charge in [0, 0.05) is 24.8 Å². The fourth-order valence-electron chi connectivity index (χ4n) is 1.36. The summed E-state index contributed by atoms with van der Waals surface area (Å²) in [6.45, 7) is 3.30. The Hall–Kier alpha value is -0.640. The summed E-state index contributed by atoms with van der Waals surface area (Å²) in [6.07, 6.45) is 3.22. The van der Waals surface area contributed by atoms with Crippen LogP contribution in [0.15, 0.2) is 18.3 Å². The van der Waals surface area contributed by atoms with E-state index in [1.165, 1.54) is 0 Å². The molecule has 0 fully saturated rings. The normalized spacial score (nSPS) is 12.7. The molecule has 1 atom stereocenters. The average Bonchev–Trinajstić information content (AvgIpc) is 2.21. The smallest absolute Gasteiger partial charge is 0.133 e. The first-order valence-electron chi connectivity index (χ1n) is 5.22. The number of hydrogen-bond acceptors (Lipinski definition) is 3. The molecule has 1 heterocycles. The van der Waals surface area contributed by atoms with Crippen LogP contribution in [0.3, 0.4) is 0 Å². The molecule has 3 nitrogen and oxygen atoms in total. The van der Waals surface area contributed by atoms with Gasteiger partial charge in [0.1, 0.15) is 5.15 Å². The van der Waals surface area contributed by atoms with Crippen molar-refractivity contribution < 1.29 is 5.11 Å². The van der Waals surface area contributed by atoms with E-state index in [0.717, 1.165) is 18.4 Å². The molecule has 0 amide bonds. The maximum atomic E-state index is 9.49. The fraction of sp³-hybridized carbons (Fsp3) is 0.545. The van der Waals surface area contributed by atoms with Crippen molar-refractivity contribution in [3.63, 3.8) is 0 Å².